The number of aliphatic hydroxyl groups excluding tert-OH is 1. The molecule has 0 aliphatic carbocycles. The average molecular weight is 695 g/mol. The van der Waals surface area contributed by atoms with Crippen LogP contribution >= 0.6 is 0 Å². The summed E-state index contributed by atoms with van der Waals surface area (Å²) in [5, 5.41) is 11.9. The largest absolute Gasteiger partial charge is 0.460 e. The maximum atomic E-state index is 14.9. The number of amides is 2. The minimum atomic E-state index is -3.88. The fourth-order valence-corrected chi connectivity index (χ4v) is 8.00. The Morgan fingerprint density at radius 1 is 1.19 bits per heavy atom. The molecule has 14 heteroatoms. The van der Waals surface area contributed by atoms with Crippen molar-refractivity contribution in [2.45, 2.75) is 90.5 Å². The molecule has 2 aliphatic rings. The van der Waals surface area contributed by atoms with E-state index in [9.17, 15) is 32.3 Å². The Morgan fingerprint density at radius 3 is 2.56 bits per heavy atom. The summed E-state index contributed by atoms with van der Waals surface area (Å²) in [4.78, 5) is 47.6. The van der Waals surface area contributed by atoms with Crippen LogP contribution in [0.5, 0.6) is 0 Å². The van der Waals surface area contributed by atoms with Crippen LogP contribution in [0.2, 0.25) is 0 Å². The number of halogens is 1. The van der Waals surface area contributed by atoms with E-state index in [4.69, 9.17) is 9.15 Å². The van der Waals surface area contributed by atoms with E-state index in [0.29, 0.717) is 18.7 Å². The smallest absolute Gasteiger partial charge is 0.330 e. The van der Waals surface area contributed by atoms with Crippen molar-refractivity contribution < 1.29 is 41.5 Å². The Morgan fingerprint density at radius 2 is 1.90 bits per heavy atom. The van der Waals surface area contributed by atoms with Crippen molar-refractivity contribution in [3.05, 3.63) is 53.8 Å². The van der Waals surface area contributed by atoms with Gasteiger partial charge in [-0.3, -0.25) is 9.59 Å². The predicted molar refractivity (Wildman–Crippen MR) is 179 cm³/mol. The van der Waals surface area contributed by atoms with Crippen molar-refractivity contribution in [2.24, 2.45) is 11.8 Å². The second-order valence-corrected chi connectivity index (χ2v) is 15.2. The predicted octanol–water partition coefficient (Wildman–Crippen LogP) is 3.04. The molecule has 3 rings (SSSR count). The quantitative estimate of drug-likeness (QED) is 0.407. The Kier molecular flexibility index (Phi) is 14.5. The Labute approximate surface area is 283 Å². The zero-order valence-electron chi connectivity index (χ0n) is 28.8. The van der Waals surface area contributed by atoms with E-state index in [2.05, 4.69) is 10.3 Å². The molecule has 3 heterocycles. The third kappa shape index (κ3) is 10.8. The molecule has 0 aromatic carbocycles. The van der Waals surface area contributed by atoms with Gasteiger partial charge < -0.3 is 29.4 Å². The number of hydrogen-bond donors (Lipinski definition) is 2. The number of rotatable bonds is 7. The number of fused-ring (bicyclic) bond motifs is 3. The molecule has 2 aliphatic heterocycles. The number of nitrogens with zero attached hydrogens (tertiary/aromatic N) is 3. The van der Waals surface area contributed by atoms with Crippen molar-refractivity contribution in [2.75, 3.05) is 38.5 Å². The standard InChI is InChI=1S/C34H51FN4O8S/c1-7-38(8-2)16-17-48(44,45)28-13-15-39-31(28)34(43)47-32(22(3)4)24(6)11-12-29(41)36-14-9-10-23(5)18-26(40)19-25(35)20-30-37-27(21-46-30)33(39)42/h9-12,18,21-22,24-26,28,31-32,40H,7-8,13-17,19-20H2,1-6H3,(H,36,41)/b10-9+,12-11+,23-18+/t24-,25-,26-,28-,31-,32-/m1/s1. The lowest BCUT2D eigenvalue weighted by atomic mass is 9.94. The Balaban J connectivity index is 2.00. The first kappa shape index (κ1) is 39.1. The number of sulfone groups is 1. The molecule has 0 spiro atoms. The van der Waals surface area contributed by atoms with Gasteiger partial charge in [-0.15, -0.1) is 0 Å². The van der Waals surface area contributed by atoms with Crippen molar-refractivity contribution in [1.29, 1.82) is 0 Å². The van der Waals surface area contributed by atoms with E-state index in [-0.39, 0.29) is 68.1 Å². The van der Waals surface area contributed by atoms with Crippen LogP contribution in [0.4, 0.5) is 4.39 Å². The summed E-state index contributed by atoms with van der Waals surface area (Å²) in [6.45, 7) is 12.8. The van der Waals surface area contributed by atoms with Gasteiger partial charge in [0.1, 0.15) is 24.6 Å². The molecule has 2 bridgehead atoms. The van der Waals surface area contributed by atoms with Crippen LogP contribution in [0.3, 0.4) is 0 Å². The number of oxazole rings is 1. The van der Waals surface area contributed by atoms with Gasteiger partial charge in [-0.2, -0.15) is 0 Å². The number of cyclic esters (lactones) is 1. The summed E-state index contributed by atoms with van der Waals surface area (Å²) in [7, 11) is -3.88. The van der Waals surface area contributed by atoms with E-state index in [1.54, 1.807) is 32.1 Å². The monoisotopic (exact) mass is 694 g/mol. The number of alkyl halides is 1. The van der Waals surface area contributed by atoms with Gasteiger partial charge in [0.2, 0.25) is 5.91 Å². The number of ether oxygens (including phenoxy) is 1. The van der Waals surface area contributed by atoms with E-state index >= 15 is 0 Å². The lowest BCUT2D eigenvalue weighted by Gasteiger charge is -2.31. The number of allylic oxidation sites excluding steroid dienone is 2. The number of hydrogen-bond acceptors (Lipinski definition) is 10. The number of aliphatic hydroxyl groups is 1. The molecular weight excluding hydrogens is 643 g/mol. The van der Waals surface area contributed by atoms with Gasteiger partial charge in [-0.25, -0.2) is 22.6 Å². The summed E-state index contributed by atoms with van der Waals surface area (Å²) < 4.78 is 53.8. The Hall–Kier alpha value is -3.36. The zero-order valence-corrected chi connectivity index (χ0v) is 29.6. The molecular formula is C34H51FN4O8S. The second kappa shape index (κ2) is 17.9. The van der Waals surface area contributed by atoms with Gasteiger partial charge in [0.15, 0.2) is 21.4 Å². The minimum Gasteiger partial charge on any atom is -0.460 e. The molecule has 1 aromatic heterocycles. The van der Waals surface area contributed by atoms with Crippen LogP contribution in [0.1, 0.15) is 70.8 Å². The molecule has 0 saturated carbocycles. The first-order valence-corrected chi connectivity index (χ1v) is 18.4. The highest BCUT2D eigenvalue weighted by molar-refractivity contribution is 7.92. The van der Waals surface area contributed by atoms with Crippen LogP contribution in [-0.2, 0) is 30.6 Å². The highest BCUT2D eigenvalue weighted by atomic mass is 32.2. The molecule has 6 atom stereocenters. The summed E-state index contributed by atoms with van der Waals surface area (Å²) >= 11 is 0. The summed E-state index contributed by atoms with van der Waals surface area (Å²) in [6.07, 6.45) is 4.98. The number of carbonyl (C=O) groups excluding carboxylic acids is 3. The molecule has 48 heavy (non-hydrogen) atoms. The van der Waals surface area contributed by atoms with Gasteiger partial charge in [0, 0.05) is 32.0 Å². The Bertz CT molecular complexity index is 1450. The van der Waals surface area contributed by atoms with Crippen LogP contribution in [0.15, 0.2) is 46.6 Å². The number of carbonyl (C=O) groups is 3. The molecule has 2 amide bonds. The van der Waals surface area contributed by atoms with Gasteiger partial charge >= 0.3 is 5.97 Å². The maximum absolute atomic E-state index is 14.9. The first-order chi connectivity index (χ1) is 22.7. The summed E-state index contributed by atoms with van der Waals surface area (Å²) in [5.74, 6) is -2.90. The lowest BCUT2D eigenvalue weighted by molar-refractivity contribution is -0.157. The molecule has 0 radical (unpaired) electrons. The SMILES string of the molecule is CCN(CC)CCS(=O)(=O)[C@@H]1CCN2C(=O)c3coc(n3)C[C@H](F)C[C@H](O)/C=C(C)/C=C/CNC(=O)/C=C/[C@@H](C)[C@@H](C(C)C)OC(=O)[C@@H]12. The normalized spacial score (nSPS) is 29.6. The first-order valence-electron chi connectivity index (χ1n) is 16.7. The van der Waals surface area contributed by atoms with E-state index in [0.717, 1.165) is 11.2 Å². The highest BCUT2D eigenvalue weighted by Crippen LogP contribution is 2.30. The second-order valence-electron chi connectivity index (χ2n) is 12.8. The number of esters is 1. The van der Waals surface area contributed by atoms with E-state index in [1.807, 2.05) is 32.6 Å². The molecule has 1 fully saturated rings. The van der Waals surface area contributed by atoms with Gasteiger partial charge in [0.05, 0.1) is 23.5 Å². The molecule has 0 unspecified atom stereocenters. The number of nitrogens with one attached hydrogen (secondary N) is 1. The van der Waals surface area contributed by atoms with Gasteiger partial charge in [0.25, 0.3) is 5.91 Å². The van der Waals surface area contributed by atoms with Crippen LogP contribution in [-0.4, -0.2) is 114 Å². The van der Waals surface area contributed by atoms with E-state index < -0.39 is 57.3 Å². The van der Waals surface area contributed by atoms with E-state index in [1.165, 1.54) is 12.2 Å². The van der Waals surface area contributed by atoms with Crippen molar-refractivity contribution >= 4 is 27.6 Å². The molecule has 1 saturated heterocycles. The van der Waals surface area contributed by atoms with Crippen molar-refractivity contribution in [3.8, 4) is 0 Å². The maximum Gasteiger partial charge on any atom is 0.330 e. The molecule has 1 aromatic rings. The van der Waals surface area contributed by atoms with Crippen LogP contribution < -0.4 is 5.32 Å². The fourth-order valence-electron chi connectivity index (χ4n) is 6.07. The van der Waals surface area contributed by atoms with Gasteiger partial charge in [-0.05, 0) is 38.4 Å². The van der Waals surface area contributed by atoms with Crippen LogP contribution in [0.25, 0.3) is 0 Å². The molecule has 2 N–H and O–H groups in total. The summed E-state index contributed by atoms with van der Waals surface area (Å²) in [5.41, 5.74) is 0.476. The van der Waals surface area contributed by atoms with Crippen LogP contribution in [0, 0.1) is 11.8 Å². The molecule has 12 nitrogen and oxygen atoms in total. The third-order valence-electron chi connectivity index (χ3n) is 8.77. The third-order valence-corrected chi connectivity index (χ3v) is 10.9. The zero-order chi connectivity index (χ0) is 35.6. The fraction of sp³-hybridized carbons (Fsp3) is 0.647. The average Bonchev–Trinajstić information content (AvgIpc) is 3.68. The molecule has 268 valence electrons. The van der Waals surface area contributed by atoms with Crippen molar-refractivity contribution in [3.63, 3.8) is 0 Å². The van der Waals surface area contributed by atoms with Crippen molar-refractivity contribution in [1.82, 2.24) is 20.1 Å². The highest BCUT2D eigenvalue weighted by Gasteiger charge is 2.50. The topological polar surface area (TPSA) is 159 Å². The summed E-state index contributed by atoms with van der Waals surface area (Å²) in [6, 6.07) is -1.45. The number of aromatic nitrogens is 1. The van der Waals surface area contributed by atoms with Gasteiger partial charge in [-0.1, -0.05) is 64.5 Å². The lowest BCUT2D eigenvalue weighted by Crippen LogP contribution is -2.50. The minimum absolute atomic E-state index is 0.0184.